The lowest BCUT2D eigenvalue weighted by Gasteiger charge is -2.25. The standard InChI is InChI=1S/C55H73N9O9.C15H16O.C10H11N.C8H10.C5H12N4O2.5CH2O.4H3N/c56-31-17-7-5-3-1-2-4-6-14-26-51(66)61-48(34-40-27-29-44(30-28-40)71-38-41-21-12-9-13-22-41)50(65)36-42(33-39-19-10-8-11-20-39)52(67)62-47(25-18-32-59-55(57)64-73-72-58)53(68)63-49(54(69)70)35-43-37-60-46-24-16-15-23-45(43)46;1-2-13-8-10-15(11-9-13)16-12-14-6-4-3-5-7-14;1-2-8-7-11-10-6-4-3-5-9(8)10;1-2-8-6-4-3-5-7-8;1-2-3-4-7-5(6)8-9(10)11;5*1-2;;;;/h8-13,15-16,19-24,27-30,37,42,47-49,60H,1-7,14,17-18,25-26,31-36,38,56,58H2,(H,61,66)(H,62,67)(H,63,68)(H,69,70)(H3,57,59,64);3-11H,2,12H2,1H3;3-7,11H,2H2,1H3;3-7H,2H2,1H3;2-4H2,1H3,(H3,6,7,8);5*1H2;4*1H3/t42-,47-,48-,49-;;;;;;;;;;;;;/m0............./s1. The van der Waals surface area contributed by atoms with Crippen molar-refractivity contribution in [3.05, 3.63) is 285 Å². The Hall–Kier alpha value is -14.0. The van der Waals surface area contributed by atoms with E-state index in [2.05, 4.69) is 157 Å². The van der Waals surface area contributed by atoms with Gasteiger partial charge in [0, 0.05) is 72.5 Å². The fourth-order valence-corrected chi connectivity index (χ4v) is 12.8. The zero-order valence-electron chi connectivity index (χ0n) is 77.6. The number of hydrazone groups is 1. The maximum absolute atomic E-state index is 14.7. The number of hydroxylamine groups is 1. The molecule has 0 saturated heterocycles. The smallest absolute Gasteiger partial charge is 0.326 e. The Labute approximate surface area is 781 Å². The number of para-hydroxylation sites is 2. The van der Waals surface area contributed by atoms with Crippen molar-refractivity contribution in [2.24, 2.45) is 39.1 Å². The lowest BCUT2D eigenvalue weighted by atomic mass is 9.89. The summed E-state index contributed by atoms with van der Waals surface area (Å²) in [6.45, 7) is 20.9. The summed E-state index contributed by atoms with van der Waals surface area (Å²) in [5, 5.41) is 35.4. The number of nitrogens with one attached hydrogen (secondary N) is 7. The average molecular weight is 1850 g/mol. The molecular formula is C98H144N18O17. The molecule has 0 aliphatic rings. The van der Waals surface area contributed by atoms with Crippen molar-refractivity contribution in [3.63, 3.8) is 0 Å². The number of carbonyl (C=O) groups is 10. The first-order valence-electron chi connectivity index (χ1n) is 42.7. The Kier molecular flexibility index (Phi) is 76.5. The maximum Gasteiger partial charge on any atom is 0.326 e. The van der Waals surface area contributed by atoms with Crippen molar-refractivity contribution in [2.45, 2.75) is 194 Å². The van der Waals surface area contributed by atoms with Crippen molar-refractivity contribution in [2.75, 3.05) is 19.6 Å². The molecule has 10 rings (SSSR count). The Bertz CT molecular complexity index is 4690. The topological polar surface area (TPSA) is 632 Å². The minimum absolute atomic E-state index is 0. The van der Waals surface area contributed by atoms with Crippen LogP contribution in [0.5, 0.6) is 11.5 Å². The number of ketones is 1. The largest absolute Gasteiger partial charge is 0.489 e. The van der Waals surface area contributed by atoms with Crippen molar-refractivity contribution in [1.29, 1.82) is 0 Å². The predicted octanol–water partition coefficient (Wildman–Crippen LogP) is 14.6. The molecule has 2 heterocycles. The molecule has 2 aromatic heterocycles. The number of aryl methyl sites for hydroxylation is 3. The molecule has 10 aromatic rings. The number of hydrogen-bond donors (Lipinski definition) is 16. The monoisotopic (exact) mass is 1850 g/mol. The van der Waals surface area contributed by atoms with Crippen LogP contribution >= 0.6 is 0 Å². The molecule has 4 atom stereocenters. The quantitative estimate of drug-likeness (QED) is 0.00421. The number of rotatable bonds is 45. The summed E-state index contributed by atoms with van der Waals surface area (Å²) in [4.78, 5) is 138. The normalized spacial score (nSPS) is 10.9. The molecule has 133 heavy (non-hydrogen) atoms. The Morgan fingerprint density at radius 3 is 1.34 bits per heavy atom. The molecular weight excluding hydrogens is 1700 g/mol. The summed E-state index contributed by atoms with van der Waals surface area (Å²) in [5.74, 6) is 1.88. The number of H-pyrrole nitrogens is 2. The molecule has 0 fully saturated rings. The highest BCUT2D eigenvalue weighted by Crippen LogP contribution is 2.24. The number of nitro groups is 1. The molecule has 3 amide bonds. The zero-order chi connectivity index (χ0) is 95.5. The number of aromatic nitrogens is 2. The number of guanidine groups is 2. The van der Waals surface area contributed by atoms with Gasteiger partial charge < -0.3 is 112 Å². The molecule has 28 N–H and O–H groups in total. The highest BCUT2D eigenvalue weighted by atomic mass is 17.3. The van der Waals surface area contributed by atoms with E-state index in [4.69, 9.17) is 56.5 Å². The first kappa shape index (κ1) is 125. The number of aromatic amines is 2. The lowest BCUT2D eigenvalue weighted by molar-refractivity contribution is -0.485. The van der Waals surface area contributed by atoms with Crippen molar-refractivity contribution < 1.29 is 77.5 Å². The van der Waals surface area contributed by atoms with Crippen LogP contribution in [0.1, 0.15) is 169 Å². The summed E-state index contributed by atoms with van der Waals surface area (Å²) >= 11 is 0. The first-order valence-corrected chi connectivity index (χ1v) is 42.7. The highest BCUT2D eigenvalue weighted by molar-refractivity contribution is 5.95. The molecule has 35 heteroatoms. The molecule has 0 bridgehead atoms. The molecule has 0 unspecified atom stereocenters. The van der Waals surface area contributed by atoms with Gasteiger partial charge in [-0.05, 0) is 152 Å². The molecule has 0 radical (unpaired) electrons. The van der Waals surface area contributed by atoms with E-state index in [1.54, 1.807) is 6.20 Å². The molecule has 0 aliphatic carbocycles. The predicted molar refractivity (Wildman–Crippen MR) is 527 cm³/mol. The number of nitrogens with two attached hydrogens (primary N) is 4. The fourth-order valence-electron chi connectivity index (χ4n) is 12.8. The van der Waals surface area contributed by atoms with E-state index in [0.717, 1.165) is 111 Å². The summed E-state index contributed by atoms with van der Waals surface area (Å²) in [6.07, 6.45) is 18.8. The minimum atomic E-state index is -1.36. The van der Waals surface area contributed by atoms with Crippen LogP contribution in [0.25, 0.3) is 21.8 Å². The second kappa shape index (κ2) is 81.2. The summed E-state index contributed by atoms with van der Waals surface area (Å²) in [6, 6.07) is 67.5. The van der Waals surface area contributed by atoms with Gasteiger partial charge in [-0.25, -0.2) is 20.4 Å². The number of aliphatic imine (C=N–C) groups is 1. The molecule has 0 saturated carbocycles. The number of carboxylic acids is 1. The maximum atomic E-state index is 14.7. The number of fused-ring (bicyclic) bond motifs is 2. The van der Waals surface area contributed by atoms with Crippen LogP contribution in [0.2, 0.25) is 0 Å². The number of ether oxygens (including phenoxy) is 2. The summed E-state index contributed by atoms with van der Waals surface area (Å²) < 4.78 is 11.7. The number of amides is 3. The van der Waals surface area contributed by atoms with Crippen LogP contribution < -0.4 is 83.9 Å². The molecule has 35 nitrogen and oxygen atoms in total. The van der Waals surface area contributed by atoms with Crippen LogP contribution in [0.15, 0.2) is 241 Å². The second-order valence-corrected chi connectivity index (χ2v) is 28.6. The van der Waals surface area contributed by atoms with Crippen LogP contribution in [0.3, 0.4) is 0 Å². The van der Waals surface area contributed by atoms with Crippen LogP contribution in [-0.4, -0.2) is 133 Å². The van der Waals surface area contributed by atoms with E-state index in [9.17, 15) is 39.2 Å². The number of aliphatic carboxylic acids is 1. The minimum Gasteiger partial charge on any atom is -0.489 e. The van der Waals surface area contributed by atoms with Crippen LogP contribution in [0.4, 0.5) is 0 Å². The highest BCUT2D eigenvalue weighted by Gasteiger charge is 2.33. The Morgan fingerprint density at radius 1 is 0.466 bits per heavy atom. The van der Waals surface area contributed by atoms with Crippen LogP contribution in [-0.2, 0) is 110 Å². The number of unbranched alkanes of at least 4 members (excludes halogenated alkanes) is 9. The number of hydrogen-bond acceptors (Lipinski definition) is 23. The Balaban J connectivity index is -0.00000110. The van der Waals surface area contributed by atoms with Gasteiger partial charge in [-0.3, -0.25) is 24.2 Å². The third kappa shape index (κ3) is 54.9. The first-order chi connectivity index (χ1) is 62.9. The summed E-state index contributed by atoms with van der Waals surface area (Å²) in [5.41, 5.74) is 29.3. The van der Waals surface area contributed by atoms with Gasteiger partial charge in [0.25, 0.3) is 5.96 Å². The van der Waals surface area contributed by atoms with Gasteiger partial charge in [0.05, 0.1) is 6.04 Å². The molecule has 0 aliphatic heterocycles. The molecule has 8 aromatic carbocycles. The number of carbonyl (C=O) groups excluding carboxylic acids is 9. The Morgan fingerprint density at radius 2 is 0.887 bits per heavy atom. The number of nitrogens with zero attached hydrogens (tertiary/aromatic N) is 3. The van der Waals surface area contributed by atoms with E-state index in [1.165, 1.54) is 46.0 Å². The zero-order valence-corrected chi connectivity index (χ0v) is 77.6. The van der Waals surface area contributed by atoms with Crippen molar-refractivity contribution in [3.8, 4) is 11.5 Å². The van der Waals surface area contributed by atoms with Gasteiger partial charge in [-0.1, -0.05) is 266 Å². The van der Waals surface area contributed by atoms with E-state index >= 15 is 0 Å². The lowest BCUT2D eigenvalue weighted by Crippen LogP contribution is -2.53. The summed E-state index contributed by atoms with van der Waals surface area (Å²) in [7, 11) is 0. The van der Waals surface area contributed by atoms with E-state index in [1.807, 2.05) is 186 Å². The molecule has 0 spiro atoms. The fraction of sp³-hybridized carbons (Fsp3) is 0.347. The van der Waals surface area contributed by atoms with E-state index < -0.39 is 46.9 Å². The van der Waals surface area contributed by atoms with Gasteiger partial charge in [-0.2, -0.15) is 5.90 Å². The number of benzene rings is 8. The third-order valence-electron chi connectivity index (χ3n) is 19.5. The molecule has 728 valence electrons. The van der Waals surface area contributed by atoms with Crippen molar-refractivity contribution in [1.82, 2.24) is 61.3 Å². The van der Waals surface area contributed by atoms with Crippen molar-refractivity contribution >= 4 is 97.1 Å². The van der Waals surface area contributed by atoms with Gasteiger partial charge in [0.1, 0.15) is 75.8 Å². The van der Waals surface area contributed by atoms with E-state index in [0.29, 0.717) is 37.5 Å². The average Bonchev–Trinajstić information content (AvgIpc) is 1.68. The number of carboxylic acid groups (broad SMARTS) is 1. The van der Waals surface area contributed by atoms with E-state index in [-0.39, 0.29) is 99.7 Å². The van der Waals surface area contributed by atoms with Crippen LogP contribution in [0, 0.1) is 16.0 Å². The second-order valence-electron chi connectivity index (χ2n) is 28.6. The third-order valence-corrected chi connectivity index (χ3v) is 19.5. The van der Waals surface area contributed by atoms with Gasteiger partial charge in [-0.15, -0.1) is 4.99 Å². The number of Topliss-reactive ketones (excluding diaryl/α,β-unsaturated/α-hetero) is 1. The van der Waals surface area contributed by atoms with Gasteiger partial charge in [0.15, 0.2) is 10.8 Å². The van der Waals surface area contributed by atoms with Gasteiger partial charge in [0.2, 0.25) is 23.7 Å². The van der Waals surface area contributed by atoms with Gasteiger partial charge >= 0.3 is 5.97 Å². The SMILES string of the molecule is C=O.C=O.C=O.C=O.C=O.CCCCN/C(N)=N/[N+](=O)[O-].CCc1c[nH]c2ccccc12.CCc1ccc(OCc2ccccc2)cc1.CCc1ccccc1.N.N.N.N.NCCCCCCCCCCCC(=O)N[C@@H](Cc1ccc(OCc2ccccc2)cc1)C(=O)C[C@H](Cc1ccccc1)C(=O)N[C@@H](CCCN=C(N)NOON)C(=O)N[C@@H](Cc1c[nH]c2ccccc12)C(=O)O.